The molecule has 2 N–H and O–H groups in total. The van der Waals surface area contributed by atoms with Crippen molar-refractivity contribution in [3.05, 3.63) is 46.5 Å². The van der Waals surface area contributed by atoms with Crippen LogP contribution in [-0.4, -0.2) is 18.6 Å². The molecule has 0 radical (unpaired) electrons. The molecule has 0 saturated carbocycles. The Morgan fingerprint density at radius 1 is 0.340 bits per heavy atom. The maximum absolute atomic E-state index is 14.6. The summed E-state index contributed by atoms with van der Waals surface area (Å²) in [6.45, 7) is 8.95. The fourth-order valence-electron chi connectivity index (χ4n) is 7.76. The van der Waals surface area contributed by atoms with Gasteiger partial charge in [0.15, 0.2) is 0 Å². The molecule has 0 atom stereocenters. The highest BCUT2D eigenvalue weighted by Gasteiger charge is 2.24. The Hall–Kier alpha value is -2.01. The number of hydrogen-bond acceptors (Lipinski definition) is 4. The summed E-state index contributed by atoms with van der Waals surface area (Å²) in [5.41, 5.74) is 3.07. The van der Waals surface area contributed by atoms with Crippen LogP contribution >= 0.6 is 0 Å². The van der Waals surface area contributed by atoms with Gasteiger partial charge >= 0.3 is 0 Å². The Morgan fingerprint density at radius 2 is 0.528 bits per heavy atom. The lowest BCUT2D eigenvalue weighted by atomic mass is 9.98. The Kier molecular flexibility index (Phi) is 26.1. The van der Waals surface area contributed by atoms with Gasteiger partial charge in [-0.3, -0.25) is 0 Å². The molecule has 0 aliphatic heterocycles. The molecule has 0 aliphatic rings. The van der Waals surface area contributed by atoms with Gasteiger partial charge in [0.2, 0.25) is 9.84 Å². The van der Waals surface area contributed by atoms with E-state index in [2.05, 4.69) is 27.7 Å². The average molecular weight is 755 g/mol. The molecule has 0 amide bonds. The van der Waals surface area contributed by atoms with Gasteiger partial charge in [0.1, 0.15) is 11.5 Å². The normalized spacial score (nSPS) is 11.8. The fraction of sp³-hybridized carbons (Fsp3) is 0.750. The van der Waals surface area contributed by atoms with E-state index in [1.807, 2.05) is 0 Å². The molecule has 0 unspecified atom stereocenters. The molecule has 2 rings (SSSR count). The highest BCUT2D eigenvalue weighted by atomic mass is 32.2. The van der Waals surface area contributed by atoms with E-state index in [0.717, 1.165) is 73.6 Å². The second kappa shape index (κ2) is 29.3. The van der Waals surface area contributed by atoms with Crippen molar-refractivity contribution < 1.29 is 18.6 Å². The number of sulfone groups is 1. The second-order valence-electron chi connectivity index (χ2n) is 16.2. The molecular weight excluding hydrogens is 673 g/mol. The van der Waals surface area contributed by atoms with E-state index in [1.54, 1.807) is 24.3 Å². The number of benzene rings is 2. The smallest absolute Gasteiger partial charge is 0.206 e. The predicted molar refractivity (Wildman–Crippen MR) is 228 cm³/mol. The first-order chi connectivity index (χ1) is 25.8. The molecule has 0 spiro atoms. The maximum atomic E-state index is 14.6. The summed E-state index contributed by atoms with van der Waals surface area (Å²) < 4.78 is 29.2. The molecule has 304 valence electrons. The van der Waals surface area contributed by atoms with Crippen LogP contribution in [0.1, 0.15) is 230 Å². The molecule has 0 bridgehead atoms. The number of unbranched alkanes of at least 4 members (excludes halogenated alkanes) is 24. The van der Waals surface area contributed by atoms with Crippen LogP contribution in [0, 0.1) is 0 Å². The standard InChI is InChI=1S/C48H82O4S/c1-5-9-13-17-21-25-29-33-41-37-45(38-42(47(41)49)34-30-26-22-18-14-10-6-2)53(51,52)46-39-43(35-31-27-23-19-15-11-7-3)48(50)44(40-46)36-32-28-24-20-16-12-8-4/h37-40,49-50H,5-36H2,1-4H3. The molecule has 53 heavy (non-hydrogen) atoms. The maximum Gasteiger partial charge on any atom is 0.206 e. The monoisotopic (exact) mass is 755 g/mol. The molecule has 0 aromatic heterocycles. The van der Waals surface area contributed by atoms with E-state index < -0.39 is 9.84 Å². The lowest BCUT2D eigenvalue weighted by Crippen LogP contribution is -2.07. The van der Waals surface area contributed by atoms with E-state index in [-0.39, 0.29) is 0 Å². The van der Waals surface area contributed by atoms with Crippen molar-refractivity contribution in [1.82, 2.24) is 0 Å². The summed E-state index contributed by atoms with van der Waals surface area (Å²) in [5, 5.41) is 22.9. The number of phenolic OH excluding ortho intramolecular Hbond substituents is 2. The van der Waals surface area contributed by atoms with Crippen LogP contribution in [0.3, 0.4) is 0 Å². The van der Waals surface area contributed by atoms with E-state index in [1.165, 1.54) is 128 Å². The van der Waals surface area contributed by atoms with E-state index in [9.17, 15) is 18.6 Å². The third-order valence-electron chi connectivity index (χ3n) is 11.3. The van der Waals surface area contributed by atoms with Crippen molar-refractivity contribution in [1.29, 1.82) is 0 Å². The number of aromatic hydroxyl groups is 2. The molecule has 0 saturated heterocycles. The first-order valence-corrected chi connectivity index (χ1v) is 24.2. The van der Waals surface area contributed by atoms with Crippen molar-refractivity contribution in [3.63, 3.8) is 0 Å². The van der Waals surface area contributed by atoms with Gasteiger partial charge in [-0.1, -0.05) is 182 Å². The molecule has 0 aliphatic carbocycles. The Bertz CT molecular complexity index is 1160. The topological polar surface area (TPSA) is 74.6 Å². The van der Waals surface area contributed by atoms with Gasteiger partial charge in [0, 0.05) is 0 Å². The highest BCUT2D eigenvalue weighted by molar-refractivity contribution is 7.91. The third-order valence-corrected chi connectivity index (χ3v) is 13.0. The van der Waals surface area contributed by atoms with Gasteiger partial charge in [-0.2, -0.15) is 0 Å². The Balaban J connectivity index is 2.36. The first-order valence-electron chi connectivity index (χ1n) is 22.7. The summed E-state index contributed by atoms with van der Waals surface area (Å²) in [7, 11) is -3.87. The van der Waals surface area contributed by atoms with Gasteiger partial charge in [-0.15, -0.1) is 0 Å². The second-order valence-corrected chi connectivity index (χ2v) is 18.1. The molecule has 2 aromatic carbocycles. The molecule has 2 aromatic rings. The Morgan fingerprint density at radius 3 is 0.736 bits per heavy atom. The van der Waals surface area contributed by atoms with Crippen LogP contribution in [0.15, 0.2) is 34.1 Å². The van der Waals surface area contributed by atoms with Gasteiger partial charge in [0.05, 0.1) is 9.79 Å². The van der Waals surface area contributed by atoms with Gasteiger partial charge in [-0.25, -0.2) is 8.42 Å². The van der Waals surface area contributed by atoms with Crippen LogP contribution in [0.25, 0.3) is 0 Å². The summed E-state index contributed by atoms with van der Waals surface area (Å²) in [6, 6.07) is 7.03. The minimum absolute atomic E-state index is 0.292. The number of phenols is 2. The van der Waals surface area contributed by atoms with Gasteiger partial charge in [-0.05, 0) is 97.9 Å². The van der Waals surface area contributed by atoms with Crippen molar-refractivity contribution in [2.24, 2.45) is 0 Å². The van der Waals surface area contributed by atoms with Crippen molar-refractivity contribution in [2.45, 2.75) is 243 Å². The third kappa shape index (κ3) is 18.9. The van der Waals surface area contributed by atoms with E-state index >= 15 is 0 Å². The van der Waals surface area contributed by atoms with E-state index in [4.69, 9.17) is 0 Å². The zero-order chi connectivity index (χ0) is 38.6. The van der Waals surface area contributed by atoms with E-state index in [0.29, 0.717) is 47.0 Å². The first kappa shape index (κ1) is 47.1. The van der Waals surface area contributed by atoms with Crippen LogP contribution < -0.4 is 0 Å². The zero-order valence-electron chi connectivity index (χ0n) is 35.1. The minimum Gasteiger partial charge on any atom is -0.507 e. The summed E-state index contributed by atoms with van der Waals surface area (Å²) in [5.74, 6) is 0.594. The summed E-state index contributed by atoms with van der Waals surface area (Å²) in [4.78, 5) is 0.584. The van der Waals surface area contributed by atoms with Gasteiger partial charge < -0.3 is 10.2 Å². The molecular formula is C48H82O4S. The largest absolute Gasteiger partial charge is 0.507 e. The number of aryl methyl sites for hydroxylation is 4. The minimum atomic E-state index is -3.87. The van der Waals surface area contributed by atoms with Crippen LogP contribution in [0.2, 0.25) is 0 Å². The average Bonchev–Trinajstić information content (AvgIpc) is 3.15. The number of rotatable bonds is 34. The lowest BCUT2D eigenvalue weighted by molar-refractivity contribution is 0.455. The molecule has 0 heterocycles. The quantitative estimate of drug-likeness (QED) is 0.0698. The van der Waals surface area contributed by atoms with Crippen LogP contribution in [0.4, 0.5) is 0 Å². The molecule has 4 nitrogen and oxygen atoms in total. The van der Waals surface area contributed by atoms with Crippen molar-refractivity contribution in [3.8, 4) is 11.5 Å². The van der Waals surface area contributed by atoms with Crippen LogP contribution in [0.5, 0.6) is 11.5 Å². The van der Waals surface area contributed by atoms with Crippen molar-refractivity contribution in [2.75, 3.05) is 0 Å². The predicted octanol–water partition coefficient (Wildman–Crippen LogP) is 15.1. The number of hydrogen-bond donors (Lipinski definition) is 2. The summed E-state index contributed by atoms with van der Waals surface area (Å²) in [6.07, 6.45) is 35.7. The highest BCUT2D eigenvalue weighted by Crippen LogP contribution is 2.36. The van der Waals surface area contributed by atoms with Crippen molar-refractivity contribution >= 4 is 9.84 Å². The Labute approximate surface area is 328 Å². The van der Waals surface area contributed by atoms with Crippen LogP contribution in [-0.2, 0) is 35.5 Å². The lowest BCUT2D eigenvalue weighted by Gasteiger charge is -2.17. The summed E-state index contributed by atoms with van der Waals surface area (Å²) >= 11 is 0. The molecule has 5 heteroatoms. The SMILES string of the molecule is CCCCCCCCCc1cc(S(=O)(=O)c2cc(CCCCCCCCC)c(O)c(CCCCCCCCC)c2)cc(CCCCCCCCC)c1O. The fourth-order valence-corrected chi connectivity index (χ4v) is 9.22. The van der Waals surface area contributed by atoms with Gasteiger partial charge in [0.25, 0.3) is 0 Å². The zero-order valence-corrected chi connectivity index (χ0v) is 35.9. The molecule has 0 fully saturated rings.